The highest BCUT2D eigenvalue weighted by atomic mass is 16.5. The van der Waals surface area contributed by atoms with Crippen LogP contribution in [-0.4, -0.2) is 26.4 Å². The van der Waals surface area contributed by atoms with Gasteiger partial charge in [-0.05, 0) is 13.0 Å². The second-order valence-corrected chi connectivity index (χ2v) is 3.28. The first-order chi connectivity index (χ1) is 8.19. The fourth-order valence-corrected chi connectivity index (χ4v) is 1.20. The molecule has 7 heteroatoms. The van der Waals surface area contributed by atoms with E-state index in [1.54, 1.807) is 19.2 Å². The van der Waals surface area contributed by atoms with Gasteiger partial charge in [0.15, 0.2) is 0 Å². The predicted molar refractivity (Wildman–Crippen MR) is 60.9 cm³/mol. The Balaban J connectivity index is 2.18. The highest BCUT2D eigenvalue weighted by molar-refractivity contribution is 5.49. The molecule has 17 heavy (non-hydrogen) atoms. The Hall–Kier alpha value is -2.31. The fourth-order valence-electron chi connectivity index (χ4n) is 1.20. The molecule has 0 unspecified atom stereocenters. The van der Waals surface area contributed by atoms with E-state index in [4.69, 9.17) is 15.2 Å². The summed E-state index contributed by atoms with van der Waals surface area (Å²) in [6.07, 6.45) is 1.54. The van der Waals surface area contributed by atoms with E-state index in [1.165, 1.54) is 11.0 Å². The van der Waals surface area contributed by atoms with Crippen LogP contribution in [0.1, 0.15) is 6.92 Å². The van der Waals surface area contributed by atoms with Crippen molar-refractivity contribution in [3.8, 4) is 17.8 Å². The van der Waals surface area contributed by atoms with Gasteiger partial charge in [-0.1, -0.05) is 0 Å². The molecule has 2 aromatic heterocycles. The fraction of sp³-hybridized carbons (Fsp3) is 0.300. The molecule has 0 saturated carbocycles. The number of hydrogen-bond donors (Lipinski definition) is 1. The van der Waals surface area contributed by atoms with Crippen molar-refractivity contribution in [1.29, 1.82) is 0 Å². The van der Waals surface area contributed by atoms with Gasteiger partial charge in [-0.3, -0.25) is 4.68 Å². The van der Waals surface area contributed by atoms with Crippen LogP contribution < -0.4 is 15.2 Å². The first kappa shape index (κ1) is 11.2. The highest BCUT2D eigenvalue weighted by Crippen LogP contribution is 2.24. The van der Waals surface area contributed by atoms with E-state index in [0.717, 1.165) is 0 Å². The van der Waals surface area contributed by atoms with Gasteiger partial charge in [-0.2, -0.15) is 9.97 Å². The topological polar surface area (TPSA) is 88.1 Å². The van der Waals surface area contributed by atoms with Gasteiger partial charge in [0.25, 0.3) is 0 Å². The molecule has 2 rings (SSSR count). The number of nitrogens with zero attached hydrogens (tertiary/aromatic N) is 4. The van der Waals surface area contributed by atoms with Gasteiger partial charge in [0.1, 0.15) is 6.33 Å². The molecule has 0 aliphatic rings. The number of hydrogen-bond acceptors (Lipinski definition) is 6. The van der Waals surface area contributed by atoms with E-state index in [-0.39, 0.29) is 6.01 Å². The van der Waals surface area contributed by atoms with Gasteiger partial charge in [-0.15, -0.1) is 5.10 Å². The Labute approximate surface area is 98.2 Å². The lowest BCUT2D eigenvalue weighted by Gasteiger charge is -2.06. The Morgan fingerprint density at radius 2 is 2.24 bits per heavy atom. The minimum absolute atomic E-state index is 0.229. The molecule has 7 nitrogen and oxygen atoms in total. The molecule has 2 heterocycles. The zero-order valence-electron chi connectivity index (χ0n) is 9.62. The third-order valence-electron chi connectivity index (χ3n) is 1.92. The van der Waals surface area contributed by atoms with Crippen molar-refractivity contribution >= 4 is 5.69 Å². The average molecular weight is 235 g/mol. The molecule has 0 atom stereocenters. The largest absolute Gasteiger partial charge is 0.476 e. The van der Waals surface area contributed by atoms with Gasteiger partial charge >= 0.3 is 6.01 Å². The van der Waals surface area contributed by atoms with E-state index in [1.807, 2.05) is 6.92 Å². The summed E-state index contributed by atoms with van der Waals surface area (Å²) in [5.74, 6) is 0.690. The summed E-state index contributed by atoms with van der Waals surface area (Å²) in [7, 11) is 1.75. The van der Waals surface area contributed by atoms with Gasteiger partial charge in [0, 0.05) is 13.1 Å². The van der Waals surface area contributed by atoms with Crippen LogP contribution >= 0.6 is 0 Å². The van der Waals surface area contributed by atoms with E-state index in [2.05, 4.69) is 15.1 Å². The van der Waals surface area contributed by atoms with Crippen molar-refractivity contribution in [2.75, 3.05) is 12.3 Å². The lowest BCUT2D eigenvalue weighted by Crippen LogP contribution is -2.00. The number of aryl methyl sites for hydroxylation is 1. The Kier molecular flexibility index (Phi) is 3.08. The quantitative estimate of drug-likeness (QED) is 0.849. The molecule has 0 fully saturated rings. The van der Waals surface area contributed by atoms with Crippen LogP contribution in [0.3, 0.4) is 0 Å². The molecule has 0 spiro atoms. The first-order valence-electron chi connectivity index (χ1n) is 5.12. The molecule has 0 aliphatic carbocycles. The van der Waals surface area contributed by atoms with Gasteiger partial charge in [0.05, 0.1) is 12.3 Å². The van der Waals surface area contributed by atoms with Crippen LogP contribution in [0.4, 0.5) is 5.69 Å². The average Bonchev–Trinajstić information content (AvgIpc) is 2.69. The summed E-state index contributed by atoms with van der Waals surface area (Å²) >= 11 is 0. The molecule has 0 aliphatic heterocycles. The van der Waals surface area contributed by atoms with Crippen molar-refractivity contribution in [3.05, 3.63) is 18.5 Å². The van der Waals surface area contributed by atoms with E-state index < -0.39 is 0 Å². The number of anilines is 1. The van der Waals surface area contributed by atoms with Gasteiger partial charge in [-0.25, -0.2) is 0 Å². The van der Waals surface area contributed by atoms with Gasteiger partial charge < -0.3 is 15.2 Å². The number of aromatic nitrogens is 4. The maximum atomic E-state index is 5.69. The molecule has 0 aromatic carbocycles. The monoisotopic (exact) mass is 235 g/mol. The van der Waals surface area contributed by atoms with Crippen molar-refractivity contribution in [1.82, 2.24) is 19.7 Å². The summed E-state index contributed by atoms with van der Waals surface area (Å²) in [5, 5.41) is 3.98. The first-order valence-corrected chi connectivity index (χ1v) is 5.12. The molecule has 2 N–H and O–H groups in total. The standard InChI is InChI=1S/C10H13N5O2/c1-3-16-9-7(11)4-5-8(13-9)17-10-12-6-15(2)14-10/h4-6H,3,11H2,1-2H3. The minimum Gasteiger partial charge on any atom is -0.476 e. The number of pyridine rings is 1. The zero-order valence-corrected chi connectivity index (χ0v) is 9.62. The molecule has 2 aromatic rings. The maximum absolute atomic E-state index is 5.69. The van der Waals surface area contributed by atoms with Crippen LogP contribution in [0.25, 0.3) is 0 Å². The van der Waals surface area contributed by atoms with E-state index >= 15 is 0 Å². The Morgan fingerprint density at radius 1 is 1.41 bits per heavy atom. The van der Waals surface area contributed by atoms with Crippen LogP contribution in [0.15, 0.2) is 18.5 Å². The van der Waals surface area contributed by atoms with Crippen molar-refractivity contribution < 1.29 is 9.47 Å². The van der Waals surface area contributed by atoms with Crippen LogP contribution in [0.2, 0.25) is 0 Å². The van der Waals surface area contributed by atoms with Gasteiger partial charge in [0.2, 0.25) is 11.8 Å². The Morgan fingerprint density at radius 3 is 2.88 bits per heavy atom. The molecular weight excluding hydrogens is 222 g/mol. The number of nitrogen functional groups attached to an aromatic ring is 1. The van der Waals surface area contributed by atoms with Crippen LogP contribution in [0, 0.1) is 0 Å². The van der Waals surface area contributed by atoms with E-state index in [9.17, 15) is 0 Å². The third kappa shape index (κ3) is 2.63. The molecule has 90 valence electrons. The third-order valence-corrected chi connectivity index (χ3v) is 1.92. The van der Waals surface area contributed by atoms with Crippen LogP contribution in [-0.2, 0) is 7.05 Å². The van der Waals surface area contributed by atoms with Crippen molar-refractivity contribution in [3.63, 3.8) is 0 Å². The van der Waals surface area contributed by atoms with Crippen LogP contribution in [0.5, 0.6) is 17.8 Å². The summed E-state index contributed by atoms with van der Waals surface area (Å²) < 4.78 is 12.1. The number of ether oxygens (including phenoxy) is 2. The summed E-state index contributed by atoms with van der Waals surface area (Å²) in [4.78, 5) is 8.03. The molecule has 0 amide bonds. The smallest absolute Gasteiger partial charge is 0.342 e. The van der Waals surface area contributed by atoms with Crippen molar-refractivity contribution in [2.45, 2.75) is 6.92 Å². The minimum atomic E-state index is 0.229. The zero-order chi connectivity index (χ0) is 12.3. The maximum Gasteiger partial charge on any atom is 0.342 e. The SMILES string of the molecule is CCOc1nc(Oc2ncn(C)n2)ccc1N. The Bertz CT molecular complexity index is 511. The molecule has 0 bridgehead atoms. The predicted octanol–water partition coefficient (Wildman–Crippen LogP) is 0.983. The summed E-state index contributed by atoms with van der Waals surface area (Å²) in [5.41, 5.74) is 6.16. The second kappa shape index (κ2) is 4.69. The molecule has 0 saturated heterocycles. The summed E-state index contributed by atoms with van der Waals surface area (Å²) in [6, 6.07) is 3.53. The highest BCUT2D eigenvalue weighted by Gasteiger charge is 2.07. The number of nitrogens with two attached hydrogens (primary N) is 1. The lowest BCUT2D eigenvalue weighted by molar-refractivity contribution is 0.321. The molecular formula is C10H13N5O2. The normalized spacial score (nSPS) is 10.2. The number of rotatable bonds is 4. The van der Waals surface area contributed by atoms with E-state index in [0.29, 0.717) is 24.1 Å². The molecule has 0 radical (unpaired) electrons. The summed E-state index contributed by atoms with van der Waals surface area (Å²) in [6.45, 7) is 2.34. The second-order valence-electron chi connectivity index (χ2n) is 3.28. The lowest BCUT2D eigenvalue weighted by atomic mass is 10.4. The van der Waals surface area contributed by atoms with Crippen molar-refractivity contribution in [2.24, 2.45) is 7.05 Å².